The van der Waals surface area contributed by atoms with Crippen LogP contribution in [0.25, 0.3) is 11.1 Å². The number of aromatic amines is 1. The Kier molecular flexibility index (Phi) is 4.03. The molecule has 1 atom stereocenters. The van der Waals surface area contributed by atoms with Gasteiger partial charge in [0.1, 0.15) is 11.8 Å². The molecular formula is C17H20N4. The molecule has 0 spiro atoms. The van der Waals surface area contributed by atoms with Crippen molar-refractivity contribution in [3.63, 3.8) is 0 Å². The van der Waals surface area contributed by atoms with E-state index in [0.29, 0.717) is 11.7 Å². The van der Waals surface area contributed by atoms with Crippen LogP contribution in [0.4, 0.5) is 0 Å². The quantitative estimate of drug-likeness (QED) is 0.936. The third kappa shape index (κ3) is 2.84. The van der Waals surface area contributed by atoms with Crippen LogP contribution in [0.15, 0.2) is 30.5 Å². The number of nitrogens with zero attached hydrogens (tertiary/aromatic N) is 3. The Morgan fingerprint density at radius 3 is 2.57 bits per heavy atom. The first-order valence-corrected chi connectivity index (χ1v) is 7.57. The van der Waals surface area contributed by atoms with E-state index in [2.05, 4.69) is 52.4 Å². The van der Waals surface area contributed by atoms with Crippen molar-refractivity contribution in [1.29, 1.82) is 5.26 Å². The summed E-state index contributed by atoms with van der Waals surface area (Å²) >= 11 is 0. The van der Waals surface area contributed by atoms with Gasteiger partial charge in [0.15, 0.2) is 0 Å². The van der Waals surface area contributed by atoms with Crippen LogP contribution in [0.5, 0.6) is 0 Å². The number of benzene rings is 1. The van der Waals surface area contributed by atoms with Gasteiger partial charge in [0, 0.05) is 11.6 Å². The van der Waals surface area contributed by atoms with Gasteiger partial charge in [0.05, 0.1) is 6.20 Å². The van der Waals surface area contributed by atoms with Crippen molar-refractivity contribution in [2.75, 3.05) is 13.1 Å². The molecule has 4 heteroatoms. The minimum Gasteiger partial charge on any atom is -0.297 e. The molecule has 4 nitrogen and oxygen atoms in total. The van der Waals surface area contributed by atoms with Gasteiger partial charge in [0.25, 0.3) is 0 Å². The second kappa shape index (κ2) is 6.11. The molecule has 2 aromatic rings. The Bertz CT molecular complexity index is 630. The van der Waals surface area contributed by atoms with E-state index in [1.54, 1.807) is 6.20 Å². The maximum atomic E-state index is 9.05. The van der Waals surface area contributed by atoms with Crippen LogP contribution in [0.2, 0.25) is 0 Å². The van der Waals surface area contributed by atoms with Gasteiger partial charge in [-0.25, -0.2) is 0 Å². The summed E-state index contributed by atoms with van der Waals surface area (Å²) in [4.78, 5) is 2.55. The van der Waals surface area contributed by atoms with Crippen molar-refractivity contribution in [3.8, 4) is 17.2 Å². The summed E-state index contributed by atoms with van der Waals surface area (Å²) in [7, 11) is 0. The van der Waals surface area contributed by atoms with Crippen LogP contribution in [-0.2, 0) is 0 Å². The minimum atomic E-state index is 0.458. The van der Waals surface area contributed by atoms with Crippen molar-refractivity contribution in [2.24, 2.45) is 0 Å². The van der Waals surface area contributed by atoms with Crippen LogP contribution >= 0.6 is 0 Å². The summed E-state index contributed by atoms with van der Waals surface area (Å²) in [6.45, 7) is 4.67. The monoisotopic (exact) mass is 280 g/mol. The lowest BCUT2D eigenvalue weighted by Gasteiger charge is -2.32. The Morgan fingerprint density at radius 1 is 1.19 bits per heavy atom. The Hall–Kier alpha value is -2.12. The number of aromatic nitrogens is 2. The Balaban J connectivity index is 1.79. The number of nitriles is 1. The second-order valence-corrected chi connectivity index (χ2v) is 5.67. The summed E-state index contributed by atoms with van der Waals surface area (Å²) < 4.78 is 0. The number of H-pyrrole nitrogens is 1. The third-order valence-electron chi connectivity index (χ3n) is 4.39. The molecule has 0 amide bonds. The van der Waals surface area contributed by atoms with Gasteiger partial charge >= 0.3 is 0 Å². The van der Waals surface area contributed by atoms with Gasteiger partial charge in [-0.3, -0.25) is 10.00 Å². The molecule has 0 aliphatic carbocycles. The Morgan fingerprint density at radius 2 is 1.90 bits per heavy atom. The van der Waals surface area contributed by atoms with E-state index in [-0.39, 0.29) is 0 Å². The summed E-state index contributed by atoms with van der Waals surface area (Å²) in [6.07, 6.45) is 5.69. The number of piperidine rings is 1. The maximum Gasteiger partial charge on any atom is 0.143 e. The number of hydrogen-bond acceptors (Lipinski definition) is 3. The van der Waals surface area contributed by atoms with Crippen molar-refractivity contribution in [1.82, 2.24) is 15.1 Å². The molecule has 1 aliphatic rings. The predicted molar refractivity (Wildman–Crippen MR) is 82.6 cm³/mol. The predicted octanol–water partition coefficient (Wildman–Crippen LogP) is 3.50. The van der Waals surface area contributed by atoms with Gasteiger partial charge in [-0.2, -0.15) is 10.4 Å². The molecular weight excluding hydrogens is 260 g/mol. The van der Waals surface area contributed by atoms with Crippen LogP contribution in [0, 0.1) is 11.3 Å². The molecule has 2 heterocycles. The molecule has 108 valence electrons. The number of rotatable bonds is 3. The summed E-state index contributed by atoms with van der Waals surface area (Å²) in [5.74, 6) is 0. The zero-order valence-corrected chi connectivity index (χ0v) is 12.3. The molecule has 0 unspecified atom stereocenters. The summed E-state index contributed by atoms with van der Waals surface area (Å²) in [6, 6.07) is 11.1. The zero-order chi connectivity index (χ0) is 14.7. The fraction of sp³-hybridized carbons (Fsp3) is 0.412. The zero-order valence-electron chi connectivity index (χ0n) is 12.3. The summed E-state index contributed by atoms with van der Waals surface area (Å²) in [5.41, 5.74) is 3.76. The largest absolute Gasteiger partial charge is 0.297 e. The number of likely N-dealkylation sites (tertiary alicyclic amines) is 1. The lowest BCUT2D eigenvalue weighted by molar-refractivity contribution is 0.175. The first kappa shape index (κ1) is 13.8. The van der Waals surface area contributed by atoms with Crippen molar-refractivity contribution in [3.05, 3.63) is 41.7 Å². The minimum absolute atomic E-state index is 0.458. The SMILES string of the molecule is C[C@H](c1ccc(-c2cn[nH]c2C#N)cc1)N1CCCCC1. The highest BCUT2D eigenvalue weighted by molar-refractivity contribution is 5.68. The Labute approximate surface area is 125 Å². The van der Waals surface area contributed by atoms with Crippen molar-refractivity contribution < 1.29 is 0 Å². The first-order chi connectivity index (χ1) is 10.3. The topological polar surface area (TPSA) is 55.7 Å². The second-order valence-electron chi connectivity index (χ2n) is 5.67. The van der Waals surface area contributed by atoms with Crippen LogP contribution < -0.4 is 0 Å². The fourth-order valence-corrected chi connectivity index (χ4v) is 3.05. The van der Waals surface area contributed by atoms with E-state index < -0.39 is 0 Å². The van der Waals surface area contributed by atoms with E-state index in [9.17, 15) is 0 Å². The van der Waals surface area contributed by atoms with Gasteiger partial charge < -0.3 is 0 Å². The molecule has 21 heavy (non-hydrogen) atoms. The van der Waals surface area contributed by atoms with E-state index >= 15 is 0 Å². The van der Waals surface area contributed by atoms with Crippen LogP contribution in [0.3, 0.4) is 0 Å². The number of nitrogens with one attached hydrogen (secondary N) is 1. The molecule has 3 rings (SSSR count). The molecule has 0 saturated carbocycles. The molecule has 1 saturated heterocycles. The average molecular weight is 280 g/mol. The summed E-state index contributed by atoms with van der Waals surface area (Å²) in [5, 5.41) is 15.7. The smallest absolute Gasteiger partial charge is 0.143 e. The third-order valence-corrected chi connectivity index (χ3v) is 4.39. The molecule has 0 bridgehead atoms. The molecule has 1 fully saturated rings. The van der Waals surface area contributed by atoms with Crippen LogP contribution in [0.1, 0.15) is 43.5 Å². The lowest BCUT2D eigenvalue weighted by atomic mass is 9.99. The van der Waals surface area contributed by atoms with Crippen molar-refractivity contribution >= 4 is 0 Å². The van der Waals surface area contributed by atoms with E-state index in [1.807, 2.05) is 0 Å². The molecule has 1 N–H and O–H groups in total. The van der Waals surface area contributed by atoms with E-state index in [1.165, 1.54) is 37.9 Å². The average Bonchev–Trinajstić information content (AvgIpc) is 3.04. The number of hydrogen-bond donors (Lipinski definition) is 1. The molecule has 0 radical (unpaired) electrons. The molecule has 1 aromatic carbocycles. The first-order valence-electron chi connectivity index (χ1n) is 7.57. The molecule has 1 aromatic heterocycles. The highest BCUT2D eigenvalue weighted by Gasteiger charge is 2.18. The molecule has 1 aliphatic heterocycles. The van der Waals surface area contributed by atoms with Gasteiger partial charge in [-0.15, -0.1) is 0 Å². The van der Waals surface area contributed by atoms with Gasteiger partial charge in [-0.05, 0) is 44.0 Å². The maximum absolute atomic E-state index is 9.05. The fourth-order valence-electron chi connectivity index (χ4n) is 3.05. The van der Waals surface area contributed by atoms with Gasteiger partial charge in [-0.1, -0.05) is 30.7 Å². The highest BCUT2D eigenvalue weighted by atomic mass is 15.2. The standard InChI is InChI=1S/C17H20N4/c1-13(21-9-3-2-4-10-21)14-5-7-15(8-6-14)16-12-19-20-17(16)11-18/h5-8,12-13H,2-4,9-10H2,1H3,(H,19,20)/t13-/m1/s1. The van der Waals surface area contributed by atoms with E-state index in [0.717, 1.165) is 11.1 Å². The van der Waals surface area contributed by atoms with Crippen LogP contribution in [-0.4, -0.2) is 28.2 Å². The van der Waals surface area contributed by atoms with Gasteiger partial charge in [0.2, 0.25) is 0 Å². The van der Waals surface area contributed by atoms with Crippen molar-refractivity contribution in [2.45, 2.75) is 32.2 Å². The highest BCUT2D eigenvalue weighted by Crippen LogP contribution is 2.27. The normalized spacial score (nSPS) is 17.3. The van der Waals surface area contributed by atoms with E-state index in [4.69, 9.17) is 5.26 Å². The lowest BCUT2D eigenvalue weighted by Crippen LogP contribution is -2.32.